The van der Waals surface area contributed by atoms with Gasteiger partial charge in [-0.2, -0.15) is 0 Å². The normalized spacial score (nSPS) is 10.4. The summed E-state index contributed by atoms with van der Waals surface area (Å²) in [7, 11) is 0. The first-order valence-corrected chi connectivity index (χ1v) is 6.35. The van der Waals surface area contributed by atoms with Crippen LogP contribution in [0.3, 0.4) is 0 Å². The van der Waals surface area contributed by atoms with Crippen molar-refractivity contribution in [3.05, 3.63) is 63.9 Å². The Kier molecular flexibility index (Phi) is 4.33. The standard InChI is InChI=1S/C14H13BrFNO/c15-13-11(8-17)6-7-12(14(13)16)18-9-10-4-2-1-3-5-10/h1-7H,8-9,17H2. The molecule has 0 amide bonds. The second kappa shape index (κ2) is 5.98. The van der Waals surface area contributed by atoms with Gasteiger partial charge in [0.25, 0.3) is 0 Å². The van der Waals surface area contributed by atoms with E-state index < -0.39 is 5.82 Å². The van der Waals surface area contributed by atoms with Crippen LogP contribution in [0.15, 0.2) is 46.9 Å². The molecule has 2 rings (SSSR count). The van der Waals surface area contributed by atoms with E-state index in [2.05, 4.69) is 15.9 Å². The van der Waals surface area contributed by atoms with Gasteiger partial charge in [-0.15, -0.1) is 0 Å². The number of rotatable bonds is 4. The summed E-state index contributed by atoms with van der Waals surface area (Å²) in [5.74, 6) is -0.184. The molecule has 18 heavy (non-hydrogen) atoms. The Balaban J connectivity index is 2.13. The largest absolute Gasteiger partial charge is 0.486 e. The second-order valence-corrected chi connectivity index (χ2v) is 4.62. The Morgan fingerprint density at radius 3 is 2.50 bits per heavy atom. The van der Waals surface area contributed by atoms with Gasteiger partial charge in [-0.1, -0.05) is 36.4 Å². The van der Waals surface area contributed by atoms with E-state index in [-0.39, 0.29) is 12.3 Å². The van der Waals surface area contributed by atoms with Gasteiger partial charge in [0.1, 0.15) is 6.61 Å². The fourth-order valence-corrected chi connectivity index (χ4v) is 2.07. The zero-order valence-electron chi connectivity index (χ0n) is 9.70. The Morgan fingerprint density at radius 2 is 1.83 bits per heavy atom. The molecule has 0 aliphatic rings. The third-order valence-electron chi connectivity index (χ3n) is 2.58. The van der Waals surface area contributed by atoms with Gasteiger partial charge in [-0.25, -0.2) is 4.39 Å². The fourth-order valence-electron chi connectivity index (χ4n) is 1.58. The number of ether oxygens (including phenoxy) is 1. The van der Waals surface area contributed by atoms with Crippen LogP contribution in [0.1, 0.15) is 11.1 Å². The Bertz CT molecular complexity index is 531. The van der Waals surface area contributed by atoms with Gasteiger partial charge < -0.3 is 10.5 Å². The van der Waals surface area contributed by atoms with Gasteiger partial charge in [0.2, 0.25) is 0 Å². The smallest absolute Gasteiger partial charge is 0.179 e. The maximum absolute atomic E-state index is 13.9. The molecule has 0 spiro atoms. The molecule has 0 unspecified atom stereocenters. The van der Waals surface area contributed by atoms with Crippen molar-refractivity contribution in [1.29, 1.82) is 0 Å². The number of hydrogen-bond donors (Lipinski definition) is 1. The van der Waals surface area contributed by atoms with Gasteiger partial charge in [-0.3, -0.25) is 0 Å². The summed E-state index contributed by atoms with van der Waals surface area (Å²) in [5, 5.41) is 0. The van der Waals surface area contributed by atoms with E-state index in [0.717, 1.165) is 11.1 Å². The lowest BCUT2D eigenvalue weighted by atomic mass is 10.2. The van der Waals surface area contributed by atoms with Gasteiger partial charge >= 0.3 is 0 Å². The van der Waals surface area contributed by atoms with Crippen molar-refractivity contribution in [2.75, 3.05) is 0 Å². The van der Waals surface area contributed by atoms with Crippen LogP contribution in [-0.4, -0.2) is 0 Å². The number of nitrogens with two attached hydrogens (primary N) is 1. The molecule has 2 aromatic rings. The van der Waals surface area contributed by atoms with E-state index in [4.69, 9.17) is 10.5 Å². The number of hydrogen-bond acceptors (Lipinski definition) is 2. The molecule has 0 saturated heterocycles. The predicted octanol–water partition coefficient (Wildman–Crippen LogP) is 3.63. The minimum atomic E-state index is -0.408. The average molecular weight is 310 g/mol. The van der Waals surface area contributed by atoms with Gasteiger partial charge in [0.15, 0.2) is 11.6 Å². The lowest BCUT2D eigenvalue weighted by molar-refractivity contribution is 0.289. The molecule has 0 saturated carbocycles. The Morgan fingerprint density at radius 1 is 1.11 bits per heavy atom. The zero-order chi connectivity index (χ0) is 13.0. The first-order valence-electron chi connectivity index (χ1n) is 5.56. The van der Waals surface area contributed by atoms with Crippen LogP contribution in [0.25, 0.3) is 0 Å². The summed E-state index contributed by atoms with van der Waals surface area (Å²) in [5.41, 5.74) is 7.22. The van der Waals surface area contributed by atoms with Crippen molar-refractivity contribution in [2.24, 2.45) is 5.73 Å². The van der Waals surface area contributed by atoms with Gasteiger partial charge in [0.05, 0.1) is 4.47 Å². The quantitative estimate of drug-likeness (QED) is 0.936. The number of benzene rings is 2. The fraction of sp³-hybridized carbons (Fsp3) is 0.143. The Hall–Kier alpha value is -1.39. The van der Waals surface area contributed by atoms with Crippen LogP contribution in [0.2, 0.25) is 0 Å². The van der Waals surface area contributed by atoms with Crippen LogP contribution in [0, 0.1) is 5.82 Å². The average Bonchev–Trinajstić information content (AvgIpc) is 2.42. The highest BCUT2D eigenvalue weighted by molar-refractivity contribution is 9.10. The summed E-state index contributed by atoms with van der Waals surface area (Å²) < 4.78 is 19.8. The monoisotopic (exact) mass is 309 g/mol. The van der Waals surface area contributed by atoms with Crippen molar-refractivity contribution in [3.8, 4) is 5.75 Å². The van der Waals surface area contributed by atoms with Crippen LogP contribution < -0.4 is 10.5 Å². The summed E-state index contributed by atoms with van der Waals surface area (Å²) in [6.45, 7) is 0.628. The predicted molar refractivity (Wildman–Crippen MR) is 72.8 cm³/mol. The summed E-state index contributed by atoms with van der Waals surface area (Å²) in [6, 6.07) is 13.0. The third kappa shape index (κ3) is 2.89. The van der Waals surface area contributed by atoms with Crippen molar-refractivity contribution >= 4 is 15.9 Å². The van der Waals surface area contributed by atoms with E-state index in [1.807, 2.05) is 30.3 Å². The van der Waals surface area contributed by atoms with Crippen molar-refractivity contribution in [1.82, 2.24) is 0 Å². The molecule has 0 aliphatic heterocycles. The molecule has 2 nitrogen and oxygen atoms in total. The second-order valence-electron chi connectivity index (χ2n) is 3.83. The molecule has 0 radical (unpaired) electrons. The lowest BCUT2D eigenvalue weighted by Crippen LogP contribution is -2.02. The molecule has 2 aromatic carbocycles. The van der Waals surface area contributed by atoms with Crippen LogP contribution in [0.5, 0.6) is 5.75 Å². The highest BCUT2D eigenvalue weighted by atomic mass is 79.9. The molecule has 0 atom stereocenters. The van der Waals surface area contributed by atoms with Crippen LogP contribution in [-0.2, 0) is 13.2 Å². The lowest BCUT2D eigenvalue weighted by Gasteiger charge is -2.10. The molecule has 0 bridgehead atoms. The molecular weight excluding hydrogens is 297 g/mol. The van der Waals surface area contributed by atoms with E-state index in [1.54, 1.807) is 12.1 Å². The molecular formula is C14H13BrFNO. The maximum atomic E-state index is 13.9. The third-order valence-corrected chi connectivity index (χ3v) is 3.44. The highest BCUT2D eigenvalue weighted by Gasteiger charge is 2.11. The summed E-state index contributed by atoms with van der Waals surface area (Å²) in [6.07, 6.45) is 0. The maximum Gasteiger partial charge on any atom is 0.179 e. The first kappa shape index (κ1) is 13.1. The van der Waals surface area contributed by atoms with Crippen LogP contribution in [0.4, 0.5) is 4.39 Å². The summed E-state index contributed by atoms with van der Waals surface area (Å²) >= 11 is 3.18. The minimum Gasteiger partial charge on any atom is -0.486 e. The summed E-state index contributed by atoms with van der Waals surface area (Å²) in [4.78, 5) is 0. The number of halogens is 2. The minimum absolute atomic E-state index is 0.225. The van der Waals surface area contributed by atoms with Crippen molar-refractivity contribution < 1.29 is 9.13 Å². The highest BCUT2D eigenvalue weighted by Crippen LogP contribution is 2.28. The SMILES string of the molecule is NCc1ccc(OCc2ccccc2)c(F)c1Br. The first-order chi connectivity index (χ1) is 8.72. The molecule has 2 N–H and O–H groups in total. The van der Waals surface area contributed by atoms with Crippen LogP contribution >= 0.6 is 15.9 Å². The molecule has 0 aromatic heterocycles. The topological polar surface area (TPSA) is 35.2 Å². The molecule has 4 heteroatoms. The van der Waals surface area contributed by atoms with Crippen molar-refractivity contribution in [2.45, 2.75) is 13.2 Å². The van der Waals surface area contributed by atoms with Gasteiger partial charge in [-0.05, 0) is 33.1 Å². The molecule has 0 fully saturated rings. The Labute approximate surface area is 114 Å². The zero-order valence-corrected chi connectivity index (χ0v) is 11.3. The molecule has 94 valence electrons. The van der Waals surface area contributed by atoms with E-state index in [0.29, 0.717) is 11.1 Å². The van der Waals surface area contributed by atoms with Crippen molar-refractivity contribution in [3.63, 3.8) is 0 Å². The molecule has 0 aliphatic carbocycles. The van der Waals surface area contributed by atoms with Gasteiger partial charge in [0, 0.05) is 6.54 Å². The van der Waals surface area contributed by atoms with E-state index in [1.165, 1.54) is 0 Å². The molecule has 0 heterocycles. The van der Waals surface area contributed by atoms with E-state index >= 15 is 0 Å². The van der Waals surface area contributed by atoms with E-state index in [9.17, 15) is 4.39 Å².